The van der Waals surface area contributed by atoms with E-state index < -0.39 is 29.9 Å². The first kappa shape index (κ1) is 16.5. The van der Waals surface area contributed by atoms with Crippen LogP contribution in [0.4, 0.5) is 32.0 Å². The molecule has 9 heteroatoms. The Morgan fingerprint density at radius 3 is 1.90 bits per heavy atom. The van der Waals surface area contributed by atoms with Crippen LogP contribution in [-0.2, 0) is 4.79 Å². The van der Waals surface area contributed by atoms with Crippen LogP contribution in [0.15, 0.2) is 40.5 Å². The van der Waals surface area contributed by atoms with E-state index >= 15 is 0 Å². The number of allylic oxidation sites excluding steroid dienone is 2. The first-order valence-corrected chi connectivity index (χ1v) is 5.72. The normalized spacial score (nSPS) is 13.2. The van der Waals surface area contributed by atoms with Crippen molar-refractivity contribution in [3.63, 3.8) is 0 Å². The molecule has 0 heterocycles. The fourth-order valence-corrected chi connectivity index (χ4v) is 1.35. The summed E-state index contributed by atoms with van der Waals surface area (Å²) < 4.78 is 74.3. The first-order chi connectivity index (χ1) is 9.00. The largest absolute Gasteiger partial charge is 0.454 e. The van der Waals surface area contributed by atoms with Crippen molar-refractivity contribution in [1.82, 2.24) is 0 Å². The highest BCUT2D eigenvalue weighted by atomic mass is 79.9. The zero-order valence-corrected chi connectivity index (χ0v) is 11.0. The van der Waals surface area contributed by atoms with Crippen molar-refractivity contribution in [2.75, 3.05) is 5.32 Å². The Balaban J connectivity index is 3.06. The van der Waals surface area contributed by atoms with Crippen molar-refractivity contribution < 1.29 is 31.1 Å². The highest BCUT2D eigenvalue weighted by Crippen LogP contribution is 2.29. The zero-order chi connectivity index (χ0) is 15.6. The molecule has 0 saturated carbocycles. The van der Waals surface area contributed by atoms with Crippen molar-refractivity contribution in [1.29, 1.82) is 0 Å². The highest BCUT2D eigenvalue weighted by Gasteiger charge is 2.41. The van der Waals surface area contributed by atoms with Crippen LogP contribution in [0.25, 0.3) is 0 Å². The number of halogens is 7. The van der Waals surface area contributed by atoms with Gasteiger partial charge in [-0.1, -0.05) is 15.9 Å². The molecule has 1 aromatic rings. The Morgan fingerprint density at radius 1 is 1.00 bits per heavy atom. The molecule has 1 rings (SSSR count). The average Bonchev–Trinajstić information content (AvgIpc) is 2.28. The highest BCUT2D eigenvalue weighted by molar-refractivity contribution is 9.10. The SMILES string of the molecule is O=C(/C=C(/Nc1ccc(Br)cc1)C(F)(F)F)C(F)(F)F. The van der Waals surface area contributed by atoms with E-state index in [0.717, 1.165) is 0 Å². The number of hydrogen-bond acceptors (Lipinski definition) is 2. The molecule has 1 aromatic carbocycles. The topological polar surface area (TPSA) is 29.1 Å². The predicted octanol–water partition coefficient (Wildman–Crippen LogP) is 4.44. The molecule has 0 radical (unpaired) electrons. The third-order valence-corrected chi connectivity index (χ3v) is 2.51. The summed E-state index contributed by atoms with van der Waals surface area (Å²) in [6.45, 7) is 0. The summed E-state index contributed by atoms with van der Waals surface area (Å²) >= 11 is 3.05. The first-order valence-electron chi connectivity index (χ1n) is 4.93. The van der Waals surface area contributed by atoms with Crippen LogP contribution >= 0.6 is 15.9 Å². The zero-order valence-electron chi connectivity index (χ0n) is 9.44. The molecule has 0 saturated heterocycles. The molecule has 110 valence electrons. The van der Waals surface area contributed by atoms with Gasteiger partial charge in [-0.25, -0.2) is 0 Å². The molecule has 2 nitrogen and oxygen atoms in total. The van der Waals surface area contributed by atoms with Crippen LogP contribution in [0.5, 0.6) is 0 Å². The molecule has 0 aliphatic heterocycles. The summed E-state index contributed by atoms with van der Waals surface area (Å²) in [7, 11) is 0. The van der Waals surface area contributed by atoms with Gasteiger partial charge < -0.3 is 5.32 Å². The molecular formula is C11H6BrF6NO. The van der Waals surface area contributed by atoms with Crippen molar-refractivity contribution in [2.24, 2.45) is 0 Å². The Bertz CT molecular complexity index is 517. The molecule has 0 amide bonds. The van der Waals surface area contributed by atoms with Crippen LogP contribution in [0.2, 0.25) is 0 Å². The number of hydrogen-bond donors (Lipinski definition) is 1. The standard InChI is InChI=1S/C11H6BrF6NO/c12-6-1-3-7(4-2-6)19-8(10(13,14)15)5-9(20)11(16,17)18/h1-5,19H/b8-5+. The predicted molar refractivity (Wildman–Crippen MR) is 63.0 cm³/mol. The molecular weight excluding hydrogens is 356 g/mol. The number of nitrogens with one attached hydrogen (secondary N) is 1. The molecule has 0 aliphatic rings. The van der Waals surface area contributed by atoms with Crippen LogP contribution in [0.3, 0.4) is 0 Å². The van der Waals surface area contributed by atoms with Crippen molar-refractivity contribution in [3.8, 4) is 0 Å². The molecule has 0 atom stereocenters. The molecule has 0 aromatic heterocycles. The van der Waals surface area contributed by atoms with E-state index in [4.69, 9.17) is 0 Å². The number of carbonyl (C=O) groups is 1. The van der Waals surface area contributed by atoms with Crippen molar-refractivity contribution in [3.05, 3.63) is 40.5 Å². The van der Waals surface area contributed by atoms with Crippen molar-refractivity contribution in [2.45, 2.75) is 12.4 Å². The van der Waals surface area contributed by atoms with Gasteiger partial charge in [0.15, 0.2) is 0 Å². The van der Waals surface area contributed by atoms with Gasteiger partial charge in [0, 0.05) is 16.2 Å². The lowest BCUT2D eigenvalue weighted by molar-refractivity contribution is -0.165. The maximum Gasteiger partial charge on any atom is 0.454 e. The quantitative estimate of drug-likeness (QED) is 0.637. The van der Waals surface area contributed by atoms with Crippen LogP contribution in [-0.4, -0.2) is 18.1 Å². The lowest BCUT2D eigenvalue weighted by atomic mass is 10.2. The maximum absolute atomic E-state index is 12.6. The van der Waals surface area contributed by atoms with Gasteiger partial charge in [0.2, 0.25) is 0 Å². The maximum atomic E-state index is 12.6. The fourth-order valence-electron chi connectivity index (χ4n) is 1.09. The number of alkyl halides is 6. The summed E-state index contributed by atoms with van der Waals surface area (Å²) in [5.41, 5.74) is -1.89. The fraction of sp³-hybridized carbons (Fsp3) is 0.182. The summed E-state index contributed by atoms with van der Waals surface area (Å²) in [4.78, 5) is 10.6. The van der Waals surface area contributed by atoms with Gasteiger partial charge in [-0.2, -0.15) is 26.3 Å². The lowest BCUT2D eigenvalue weighted by Gasteiger charge is -2.14. The van der Waals surface area contributed by atoms with E-state index in [1.807, 2.05) is 0 Å². The van der Waals surface area contributed by atoms with E-state index in [-0.39, 0.29) is 5.69 Å². The molecule has 0 spiro atoms. The molecule has 0 aliphatic carbocycles. The summed E-state index contributed by atoms with van der Waals surface area (Å²) in [5.74, 6) is -2.59. The van der Waals surface area contributed by atoms with E-state index in [1.54, 1.807) is 5.32 Å². The van der Waals surface area contributed by atoms with Crippen LogP contribution < -0.4 is 5.32 Å². The second-order valence-corrected chi connectivity index (χ2v) is 4.47. The van der Waals surface area contributed by atoms with E-state index in [9.17, 15) is 31.1 Å². The van der Waals surface area contributed by atoms with Crippen LogP contribution in [0.1, 0.15) is 0 Å². The van der Waals surface area contributed by atoms with E-state index in [2.05, 4.69) is 15.9 Å². The minimum atomic E-state index is -5.36. The molecule has 1 N–H and O–H groups in total. The average molecular weight is 362 g/mol. The lowest BCUT2D eigenvalue weighted by Crippen LogP contribution is -2.26. The van der Waals surface area contributed by atoms with Gasteiger partial charge in [0.25, 0.3) is 5.78 Å². The Morgan fingerprint density at radius 2 is 1.50 bits per heavy atom. The number of rotatable bonds is 3. The van der Waals surface area contributed by atoms with Gasteiger partial charge in [0.1, 0.15) is 5.70 Å². The van der Waals surface area contributed by atoms with E-state index in [0.29, 0.717) is 4.47 Å². The summed E-state index contributed by atoms with van der Waals surface area (Å²) in [5, 5.41) is 1.74. The van der Waals surface area contributed by atoms with Crippen LogP contribution in [0, 0.1) is 0 Å². The van der Waals surface area contributed by atoms with Gasteiger partial charge in [-0.3, -0.25) is 4.79 Å². The second-order valence-electron chi connectivity index (χ2n) is 3.55. The van der Waals surface area contributed by atoms with Gasteiger partial charge in [-0.05, 0) is 24.3 Å². The number of benzene rings is 1. The Labute approximate surface area is 117 Å². The number of ketones is 1. The molecule has 0 bridgehead atoms. The number of carbonyl (C=O) groups excluding carboxylic acids is 1. The van der Waals surface area contributed by atoms with Gasteiger partial charge in [0.05, 0.1) is 0 Å². The van der Waals surface area contributed by atoms with Gasteiger partial charge in [-0.15, -0.1) is 0 Å². The van der Waals surface area contributed by atoms with Gasteiger partial charge >= 0.3 is 12.4 Å². The minimum absolute atomic E-state index is 0.105. The number of anilines is 1. The summed E-state index contributed by atoms with van der Waals surface area (Å²) in [6, 6.07) is 5.20. The Kier molecular flexibility index (Phi) is 4.85. The van der Waals surface area contributed by atoms with E-state index in [1.165, 1.54) is 24.3 Å². The minimum Gasteiger partial charge on any atom is -0.351 e. The molecule has 0 unspecified atom stereocenters. The second kappa shape index (κ2) is 5.86. The smallest absolute Gasteiger partial charge is 0.351 e. The molecule has 0 fully saturated rings. The third kappa shape index (κ3) is 4.87. The molecule has 20 heavy (non-hydrogen) atoms. The summed E-state index contributed by atoms with van der Waals surface area (Å²) in [6.07, 6.45) is -11.0. The monoisotopic (exact) mass is 361 g/mol. The Hall–Kier alpha value is -1.51. The van der Waals surface area contributed by atoms with Crippen molar-refractivity contribution >= 4 is 27.4 Å². The third-order valence-electron chi connectivity index (χ3n) is 1.98.